The molecule has 0 atom stereocenters. The molecule has 0 amide bonds. The quantitative estimate of drug-likeness (QED) is 0.269. The molecule has 1 fully saturated rings. The molecule has 3 heterocycles. The van der Waals surface area contributed by atoms with Crippen LogP contribution in [0.25, 0.3) is 0 Å². The molecule has 0 spiro atoms. The Morgan fingerprint density at radius 2 is 1.91 bits per heavy atom. The molecular formula is C23H32N4O6S. The number of methoxy groups -OCH3 is 1. The smallest absolute Gasteiger partial charge is 0.474 e. The summed E-state index contributed by atoms with van der Waals surface area (Å²) < 4.78 is 22.3. The lowest BCUT2D eigenvalue weighted by molar-refractivity contribution is -0.151. The number of pyridine rings is 1. The normalized spacial score (nSPS) is 14.8. The van der Waals surface area contributed by atoms with Crippen LogP contribution in [0.3, 0.4) is 0 Å². The largest absolute Gasteiger partial charge is 0.528 e. The number of piperidine rings is 1. The van der Waals surface area contributed by atoms with Crippen LogP contribution in [-0.2, 0) is 14.3 Å². The van der Waals surface area contributed by atoms with E-state index in [0.29, 0.717) is 55.6 Å². The monoisotopic (exact) mass is 492 g/mol. The number of rotatable bonds is 10. The van der Waals surface area contributed by atoms with Crippen molar-refractivity contribution in [2.75, 3.05) is 32.6 Å². The maximum absolute atomic E-state index is 11.7. The molecule has 2 aromatic heterocycles. The van der Waals surface area contributed by atoms with Crippen molar-refractivity contribution in [1.82, 2.24) is 20.0 Å². The van der Waals surface area contributed by atoms with Crippen molar-refractivity contribution in [3.63, 3.8) is 0 Å². The van der Waals surface area contributed by atoms with Gasteiger partial charge in [-0.15, -0.1) is 16.8 Å². The number of thioether (sulfide) groups is 1. The highest BCUT2D eigenvalue weighted by Gasteiger charge is 2.25. The molecule has 2 aromatic rings. The molecule has 1 aliphatic heterocycles. The van der Waals surface area contributed by atoms with Gasteiger partial charge in [0.2, 0.25) is 11.8 Å². The summed E-state index contributed by atoms with van der Waals surface area (Å²) >= 11 is 1.63. The lowest BCUT2D eigenvalue weighted by Gasteiger charge is -2.30. The van der Waals surface area contributed by atoms with Crippen LogP contribution in [0.2, 0.25) is 0 Å². The van der Waals surface area contributed by atoms with Crippen LogP contribution < -0.4 is 9.47 Å². The lowest BCUT2D eigenvalue weighted by atomic mass is 10.1. The third-order valence-electron chi connectivity index (χ3n) is 4.96. The van der Waals surface area contributed by atoms with Gasteiger partial charge in [-0.3, -0.25) is 0 Å². The van der Waals surface area contributed by atoms with Crippen molar-refractivity contribution >= 4 is 17.9 Å². The maximum Gasteiger partial charge on any atom is 0.528 e. The average molecular weight is 493 g/mol. The molecule has 11 heteroatoms. The Labute approximate surface area is 204 Å². The fourth-order valence-electron chi connectivity index (χ4n) is 3.21. The third-order valence-corrected chi connectivity index (χ3v) is 5.86. The van der Waals surface area contributed by atoms with Crippen LogP contribution in [0, 0.1) is 13.8 Å². The van der Waals surface area contributed by atoms with Gasteiger partial charge in [0.1, 0.15) is 12.4 Å². The van der Waals surface area contributed by atoms with Crippen LogP contribution in [0.15, 0.2) is 23.5 Å². The van der Waals surface area contributed by atoms with Crippen molar-refractivity contribution in [3.05, 3.63) is 29.7 Å². The topological polar surface area (TPSA) is 105 Å². The Hall–Kier alpha value is -2.63. The Balaban J connectivity index is 1.56. The zero-order valence-corrected chi connectivity index (χ0v) is 21.1. The predicted molar refractivity (Wildman–Crippen MR) is 126 cm³/mol. The zero-order chi connectivity index (χ0) is 24.5. The second-order valence-corrected chi connectivity index (χ2v) is 9.15. The molecule has 0 aliphatic carbocycles. The Morgan fingerprint density at radius 3 is 2.59 bits per heavy atom. The average Bonchev–Trinajstić information content (AvgIpc) is 2.79. The summed E-state index contributed by atoms with van der Waals surface area (Å²) in [7, 11) is 1.68. The van der Waals surface area contributed by atoms with Crippen molar-refractivity contribution in [2.24, 2.45) is 0 Å². The summed E-state index contributed by atoms with van der Waals surface area (Å²) in [6.07, 6.45) is 1.82. The highest BCUT2D eigenvalue weighted by atomic mass is 32.2. The van der Waals surface area contributed by atoms with Gasteiger partial charge < -0.3 is 23.8 Å². The predicted octanol–water partition coefficient (Wildman–Crippen LogP) is 4.34. The van der Waals surface area contributed by atoms with Gasteiger partial charge in [-0.25, -0.2) is 19.7 Å². The Morgan fingerprint density at radius 1 is 1.18 bits per heavy atom. The van der Waals surface area contributed by atoms with Gasteiger partial charge in [0.25, 0.3) is 0 Å². The number of hydrogen-bond donors (Lipinski definition) is 0. The van der Waals surface area contributed by atoms with Crippen molar-refractivity contribution in [1.29, 1.82) is 0 Å². The molecule has 0 aromatic carbocycles. The van der Waals surface area contributed by atoms with E-state index < -0.39 is 6.16 Å². The number of aryl methyl sites for hydroxylation is 1. The van der Waals surface area contributed by atoms with E-state index in [1.54, 1.807) is 37.8 Å². The first-order valence-electron chi connectivity index (χ1n) is 11.2. The first-order valence-corrected chi connectivity index (χ1v) is 12.2. The van der Waals surface area contributed by atoms with E-state index in [0.717, 1.165) is 16.5 Å². The number of hydrogen-bond acceptors (Lipinski definition) is 11. The summed E-state index contributed by atoms with van der Waals surface area (Å²) in [6.45, 7) is 9.08. The van der Waals surface area contributed by atoms with E-state index in [4.69, 9.17) is 23.8 Å². The van der Waals surface area contributed by atoms with Gasteiger partial charge >= 0.3 is 6.16 Å². The third kappa shape index (κ3) is 7.71. The van der Waals surface area contributed by atoms with Crippen molar-refractivity contribution in [3.8, 4) is 17.5 Å². The van der Waals surface area contributed by atoms with Crippen molar-refractivity contribution in [2.45, 2.75) is 57.8 Å². The number of carbonyl (C=O) groups is 1. The lowest BCUT2D eigenvalue weighted by Crippen LogP contribution is -2.40. The van der Waals surface area contributed by atoms with Crippen LogP contribution in [-0.4, -0.2) is 70.9 Å². The molecule has 34 heavy (non-hydrogen) atoms. The number of carbonyl (C=O) groups excluding carboxylic acids is 1. The highest BCUT2D eigenvalue weighted by molar-refractivity contribution is 7.99. The number of aromatic nitrogens is 3. The van der Waals surface area contributed by atoms with E-state index in [1.807, 2.05) is 26.0 Å². The summed E-state index contributed by atoms with van der Waals surface area (Å²) in [5.41, 5.74) is 1.48. The van der Waals surface area contributed by atoms with Gasteiger partial charge in [0.15, 0.2) is 5.75 Å². The maximum atomic E-state index is 11.7. The van der Waals surface area contributed by atoms with Gasteiger partial charge in [-0.2, -0.15) is 0 Å². The van der Waals surface area contributed by atoms with E-state index in [-0.39, 0.29) is 12.2 Å². The standard InChI is InChI=1S/C23H32N4O6S/c1-15(2)30-23(28)33-27-10-8-18(9-11-27)31-21-16(3)22(25-14-24-21)32-19-6-7-20(26-17(19)4)34-13-12-29-5/h6-7,14-15,18H,8-13H2,1-5H3. The Kier molecular flexibility index (Phi) is 9.73. The first-order chi connectivity index (χ1) is 16.4. The molecule has 0 unspecified atom stereocenters. The van der Waals surface area contributed by atoms with E-state index in [1.165, 1.54) is 6.33 Å². The molecule has 1 aliphatic rings. The van der Waals surface area contributed by atoms with Crippen LogP contribution in [0.4, 0.5) is 4.79 Å². The second-order valence-electron chi connectivity index (χ2n) is 8.04. The summed E-state index contributed by atoms with van der Waals surface area (Å²) in [6, 6.07) is 3.81. The molecule has 186 valence electrons. The molecule has 0 radical (unpaired) electrons. The van der Waals surface area contributed by atoms with Crippen LogP contribution in [0.5, 0.6) is 17.5 Å². The van der Waals surface area contributed by atoms with Crippen LogP contribution in [0.1, 0.15) is 37.9 Å². The summed E-state index contributed by atoms with van der Waals surface area (Å²) in [4.78, 5) is 30.0. The second kappa shape index (κ2) is 12.7. The molecule has 1 saturated heterocycles. The number of nitrogens with zero attached hydrogens (tertiary/aromatic N) is 4. The molecule has 0 bridgehead atoms. The fourth-order valence-corrected chi connectivity index (χ4v) is 4.03. The summed E-state index contributed by atoms with van der Waals surface area (Å²) in [5, 5.41) is 2.51. The van der Waals surface area contributed by atoms with Gasteiger partial charge in [0.05, 0.1) is 29.0 Å². The van der Waals surface area contributed by atoms with Gasteiger partial charge in [-0.05, 0) is 39.8 Å². The fraction of sp³-hybridized carbons (Fsp3) is 0.565. The minimum atomic E-state index is -0.686. The molecular weight excluding hydrogens is 460 g/mol. The molecule has 10 nitrogen and oxygen atoms in total. The first kappa shape index (κ1) is 26.0. The minimum Gasteiger partial charge on any atom is -0.474 e. The summed E-state index contributed by atoms with van der Waals surface area (Å²) in [5.74, 6) is 2.36. The van der Waals surface area contributed by atoms with E-state index in [2.05, 4.69) is 15.0 Å². The Bertz CT molecular complexity index is 953. The van der Waals surface area contributed by atoms with Gasteiger partial charge in [0, 0.05) is 38.8 Å². The minimum absolute atomic E-state index is 0.0609. The zero-order valence-electron chi connectivity index (χ0n) is 20.3. The van der Waals surface area contributed by atoms with Crippen molar-refractivity contribution < 1.29 is 28.6 Å². The SMILES string of the molecule is COCCSc1ccc(Oc2ncnc(OC3CCN(OC(=O)OC(C)C)CC3)c2C)c(C)n1. The van der Waals surface area contributed by atoms with E-state index >= 15 is 0 Å². The molecule has 0 N–H and O–H groups in total. The molecule has 0 saturated carbocycles. The molecule has 3 rings (SSSR count). The van der Waals surface area contributed by atoms with Gasteiger partial charge in [-0.1, -0.05) is 0 Å². The van der Waals surface area contributed by atoms with Crippen LogP contribution >= 0.6 is 11.8 Å². The highest BCUT2D eigenvalue weighted by Crippen LogP contribution is 2.31. The number of hydroxylamine groups is 2. The number of ether oxygens (including phenoxy) is 4. The van der Waals surface area contributed by atoms with E-state index in [9.17, 15) is 4.79 Å².